The zero-order valence-electron chi connectivity index (χ0n) is 8.70. The lowest BCUT2D eigenvalue weighted by Gasteiger charge is -2.06. The molecule has 0 radical (unpaired) electrons. The van der Waals surface area contributed by atoms with Crippen LogP contribution in [0.2, 0.25) is 0 Å². The first-order valence-electron chi connectivity index (χ1n) is 4.95. The van der Waals surface area contributed by atoms with Crippen LogP contribution in [0.25, 0.3) is 0 Å². The van der Waals surface area contributed by atoms with Gasteiger partial charge in [0.2, 0.25) is 5.60 Å². The zero-order valence-corrected chi connectivity index (χ0v) is 10.3. The fourth-order valence-electron chi connectivity index (χ4n) is 1.88. The van der Waals surface area contributed by atoms with E-state index in [1.807, 2.05) is 24.3 Å². The average molecular weight is 266 g/mol. The Bertz CT molecular complexity index is 424. The SMILES string of the molecule is CC(C)C1OC1(C#N)c1cccc(Br)c1. The van der Waals surface area contributed by atoms with Gasteiger partial charge in [0.15, 0.2) is 0 Å². The van der Waals surface area contributed by atoms with Gasteiger partial charge in [-0.1, -0.05) is 41.9 Å². The van der Waals surface area contributed by atoms with Crippen LogP contribution in [0.1, 0.15) is 19.4 Å². The first-order chi connectivity index (χ1) is 7.10. The fraction of sp³-hybridized carbons (Fsp3) is 0.417. The second-order valence-corrected chi connectivity index (χ2v) is 5.06. The van der Waals surface area contributed by atoms with Crippen molar-refractivity contribution in [1.29, 1.82) is 5.26 Å². The summed E-state index contributed by atoms with van der Waals surface area (Å²) in [5.41, 5.74) is 0.232. The van der Waals surface area contributed by atoms with E-state index in [0.29, 0.717) is 5.92 Å². The summed E-state index contributed by atoms with van der Waals surface area (Å²) >= 11 is 3.40. The molecular formula is C12H12BrNO. The molecule has 1 aromatic rings. The number of benzene rings is 1. The fourth-order valence-corrected chi connectivity index (χ4v) is 2.28. The monoisotopic (exact) mass is 265 g/mol. The van der Waals surface area contributed by atoms with E-state index >= 15 is 0 Å². The third-order valence-electron chi connectivity index (χ3n) is 2.68. The molecule has 0 N–H and O–H groups in total. The van der Waals surface area contributed by atoms with Gasteiger partial charge in [-0.05, 0) is 18.1 Å². The van der Waals surface area contributed by atoms with Crippen molar-refractivity contribution in [2.75, 3.05) is 0 Å². The molecule has 0 spiro atoms. The van der Waals surface area contributed by atoms with Crippen LogP contribution in [0.15, 0.2) is 28.7 Å². The molecule has 0 amide bonds. The molecular weight excluding hydrogens is 254 g/mol. The predicted molar refractivity (Wildman–Crippen MR) is 61.1 cm³/mol. The Morgan fingerprint density at radius 3 is 2.73 bits per heavy atom. The van der Waals surface area contributed by atoms with Crippen LogP contribution < -0.4 is 0 Å². The van der Waals surface area contributed by atoms with Gasteiger partial charge >= 0.3 is 0 Å². The smallest absolute Gasteiger partial charge is 0.206 e. The largest absolute Gasteiger partial charge is 0.345 e. The highest BCUT2D eigenvalue weighted by molar-refractivity contribution is 9.10. The molecule has 15 heavy (non-hydrogen) atoms. The van der Waals surface area contributed by atoms with Gasteiger partial charge in [-0.15, -0.1) is 0 Å². The summed E-state index contributed by atoms with van der Waals surface area (Å²) < 4.78 is 6.55. The van der Waals surface area contributed by atoms with E-state index in [-0.39, 0.29) is 6.10 Å². The molecule has 78 valence electrons. The topological polar surface area (TPSA) is 36.3 Å². The minimum absolute atomic E-state index is 0.0248. The van der Waals surface area contributed by atoms with Crippen LogP contribution in [0, 0.1) is 17.2 Å². The summed E-state index contributed by atoms with van der Waals surface area (Å²) in [6.45, 7) is 4.14. The Labute approximate surface area is 98.0 Å². The van der Waals surface area contributed by atoms with Gasteiger partial charge in [-0.25, -0.2) is 0 Å². The molecule has 0 bridgehead atoms. The summed E-state index contributed by atoms with van der Waals surface area (Å²) in [4.78, 5) is 0. The Hall–Kier alpha value is -0.850. The van der Waals surface area contributed by atoms with Gasteiger partial charge in [0.1, 0.15) is 12.2 Å². The van der Waals surface area contributed by atoms with Crippen LogP contribution in [-0.4, -0.2) is 6.10 Å². The maximum Gasteiger partial charge on any atom is 0.206 e. The number of hydrogen-bond donors (Lipinski definition) is 0. The molecule has 1 fully saturated rings. The minimum Gasteiger partial charge on any atom is -0.345 e. The van der Waals surface area contributed by atoms with Crippen LogP contribution in [0.5, 0.6) is 0 Å². The molecule has 1 heterocycles. The molecule has 1 aliphatic heterocycles. The molecule has 0 aromatic heterocycles. The number of ether oxygens (including phenoxy) is 1. The van der Waals surface area contributed by atoms with Crippen molar-refractivity contribution in [2.45, 2.75) is 25.6 Å². The highest BCUT2D eigenvalue weighted by Gasteiger charge is 2.60. The van der Waals surface area contributed by atoms with E-state index in [9.17, 15) is 5.26 Å². The van der Waals surface area contributed by atoms with Crippen molar-refractivity contribution in [1.82, 2.24) is 0 Å². The van der Waals surface area contributed by atoms with E-state index in [2.05, 4.69) is 35.8 Å². The van der Waals surface area contributed by atoms with Crippen molar-refractivity contribution in [3.8, 4) is 6.07 Å². The van der Waals surface area contributed by atoms with Gasteiger partial charge in [0.05, 0.1) is 0 Å². The normalized spacial score (nSPS) is 28.9. The summed E-state index contributed by atoms with van der Waals surface area (Å²) in [5.74, 6) is 0.364. The molecule has 2 atom stereocenters. The van der Waals surface area contributed by atoms with Gasteiger partial charge in [-0.2, -0.15) is 5.26 Å². The first kappa shape index (κ1) is 10.7. The van der Waals surface area contributed by atoms with Gasteiger partial charge in [0.25, 0.3) is 0 Å². The maximum atomic E-state index is 9.23. The van der Waals surface area contributed by atoms with Crippen LogP contribution in [-0.2, 0) is 10.3 Å². The van der Waals surface area contributed by atoms with Crippen molar-refractivity contribution in [3.05, 3.63) is 34.3 Å². The lowest BCUT2D eigenvalue weighted by atomic mass is 9.91. The number of rotatable bonds is 2. The highest BCUT2D eigenvalue weighted by atomic mass is 79.9. The van der Waals surface area contributed by atoms with Gasteiger partial charge in [0, 0.05) is 10.0 Å². The molecule has 3 heteroatoms. The molecule has 1 aromatic carbocycles. The third kappa shape index (κ3) is 1.68. The molecule has 1 saturated heterocycles. The molecule has 2 rings (SSSR count). The van der Waals surface area contributed by atoms with Gasteiger partial charge < -0.3 is 4.74 Å². The Kier molecular flexibility index (Phi) is 2.57. The summed E-state index contributed by atoms with van der Waals surface area (Å²) in [6.07, 6.45) is 0.0248. The molecule has 0 saturated carbocycles. The number of hydrogen-bond acceptors (Lipinski definition) is 2. The number of nitriles is 1. The number of epoxide rings is 1. The van der Waals surface area contributed by atoms with E-state index in [1.54, 1.807) is 0 Å². The predicted octanol–water partition coefficient (Wildman–Crippen LogP) is 3.22. The Balaban J connectivity index is 2.35. The lowest BCUT2D eigenvalue weighted by molar-refractivity contribution is 0.314. The lowest BCUT2D eigenvalue weighted by Crippen LogP contribution is -2.13. The van der Waals surface area contributed by atoms with Crippen LogP contribution in [0.4, 0.5) is 0 Å². The minimum atomic E-state index is -0.710. The van der Waals surface area contributed by atoms with Crippen molar-refractivity contribution in [3.63, 3.8) is 0 Å². The zero-order chi connectivity index (χ0) is 11.1. The molecule has 2 nitrogen and oxygen atoms in total. The van der Waals surface area contributed by atoms with Crippen molar-refractivity contribution >= 4 is 15.9 Å². The average Bonchev–Trinajstić information content (AvgIpc) is 2.93. The Morgan fingerprint density at radius 1 is 1.53 bits per heavy atom. The molecule has 0 aliphatic carbocycles. The van der Waals surface area contributed by atoms with Gasteiger partial charge in [-0.3, -0.25) is 0 Å². The number of nitrogens with zero attached hydrogens (tertiary/aromatic N) is 1. The summed E-state index contributed by atoms with van der Waals surface area (Å²) in [7, 11) is 0. The maximum absolute atomic E-state index is 9.23. The summed E-state index contributed by atoms with van der Waals surface area (Å²) in [5, 5.41) is 9.23. The van der Waals surface area contributed by atoms with E-state index in [4.69, 9.17) is 4.74 Å². The Morgan fingerprint density at radius 2 is 2.27 bits per heavy atom. The van der Waals surface area contributed by atoms with E-state index in [1.165, 1.54) is 0 Å². The van der Waals surface area contributed by atoms with Crippen molar-refractivity contribution in [2.24, 2.45) is 5.92 Å². The summed E-state index contributed by atoms with van der Waals surface area (Å²) in [6, 6.07) is 10.0. The van der Waals surface area contributed by atoms with E-state index < -0.39 is 5.60 Å². The highest BCUT2D eigenvalue weighted by Crippen LogP contribution is 2.49. The standard InChI is InChI=1S/C12H12BrNO/c1-8(2)11-12(7-14,15-11)9-4-3-5-10(13)6-9/h3-6,8,11H,1-2H3. The van der Waals surface area contributed by atoms with E-state index in [0.717, 1.165) is 10.0 Å². The first-order valence-corrected chi connectivity index (χ1v) is 5.74. The molecule has 1 aliphatic rings. The molecule has 2 unspecified atom stereocenters. The van der Waals surface area contributed by atoms with Crippen molar-refractivity contribution < 1.29 is 4.74 Å². The second kappa shape index (κ2) is 3.62. The quantitative estimate of drug-likeness (QED) is 0.770. The second-order valence-electron chi connectivity index (χ2n) is 4.14. The van der Waals surface area contributed by atoms with Crippen LogP contribution in [0.3, 0.4) is 0 Å². The van der Waals surface area contributed by atoms with Crippen LogP contribution >= 0.6 is 15.9 Å². The third-order valence-corrected chi connectivity index (χ3v) is 3.17. The number of halogens is 1.